The molecule has 9 rings (SSSR count). The van der Waals surface area contributed by atoms with Crippen LogP contribution in [0.4, 0.5) is 10.6 Å². The van der Waals surface area contributed by atoms with E-state index in [0.29, 0.717) is 86.4 Å². The number of hydrogen-bond acceptors (Lipinski definition) is 25. The summed E-state index contributed by atoms with van der Waals surface area (Å²) in [7, 11) is 2.97. The molecule has 1 aliphatic rings. The first kappa shape index (κ1) is 66.2. The normalized spacial score (nSPS) is 15.0. The number of thiazole rings is 6. The molecule has 0 aliphatic heterocycles. The molecule has 0 saturated heterocycles. The van der Waals surface area contributed by atoms with E-state index in [1.165, 1.54) is 75.7 Å². The number of carboxylic acids is 2. The van der Waals surface area contributed by atoms with Gasteiger partial charge >= 0.3 is 18.0 Å². The van der Waals surface area contributed by atoms with Gasteiger partial charge in [0, 0.05) is 65.5 Å². The summed E-state index contributed by atoms with van der Waals surface area (Å²) in [6.45, 7) is 5.04. The molecule has 1 fully saturated rings. The zero-order valence-corrected chi connectivity index (χ0v) is 53.8. The number of pyridine rings is 1. The Bertz CT molecular complexity index is 3910. The van der Waals surface area contributed by atoms with Crippen LogP contribution in [0, 0.1) is 18.8 Å². The van der Waals surface area contributed by atoms with Crippen molar-refractivity contribution in [3.63, 3.8) is 0 Å². The molecule has 0 spiro atoms. The van der Waals surface area contributed by atoms with Crippen LogP contribution in [0.2, 0.25) is 0 Å². The molecule has 32 heteroatoms. The Balaban J connectivity index is 0.929. The van der Waals surface area contributed by atoms with E-state index >= 15 is 0 Å². The van der Waals surface area contributed by atoms with Gasteiger partial charge in [-0.25, -0.2) is 39.7 Å². The zero-order valence-electron chi connectivity index (χ0n) is 48.9. The number of aldehydes is 1. The van der Waals surface area contributed by atoms with Crippen molar-refractivity contribution in [1.29, 1.82) is 0 Å². The van der Waals surface area contributed by atoms with Crippen molar-refractivity contribution in [3.05, 3.63) is 111 Å². The van der Waals surface area contributed by atoms with Crippen LogP contribution in [-0.2, 0) is 35.3 Å². The molecule has 9 N–H and O–H groups in total. The Hall–Kier alpha value is -8.21. The molecule has 5 amide bonds. The van der Waals surface area contributed by atoms with E-state index in [2.05, 4.69) is 36.2 Å². The van der Waals surface area contributed by atoms with Gasteiger partial charge in [-0.3, -0.25) is 38.5 Å². The molecule has 1 unspecified atom stereocenters. The first-order valence-electron chi connectivity index (χ1n) is 28.0. The molecular formula is C58H61N13O13S6. The summed E-state index contributed by atoms with van der Waals surface area (Å²) in [5, 5.41) is 50.8. The van der Waals surface area contributed by atoms with Crippen molar-refractivity contribution in [1.82, 2.24) is 56.2 Å². The molecule has 4 atom stereocenters. The Labute approximate surface area is 538 Å². The van der Waals surface area contributed by atoms with Crippen molar-refractivity contribution < 1.29 is 63.1 Å². The number of aromatic nitrogens is 7. The van der Waals surface area contributed by atoms with Gasteiger partial charge in [-0.05, 0) is 56.2 Å². The van der Waals surface area contributed by atoms with E-state index in [1.54, 1.807) is 70.9 Å². The minimum absolute atomic E-state index is 0.00423. The number of carboxylic acid groups (broad SMARTS) is 2. The smallest absolute Gasteiger partial charge is 0.415 e. The topological polar surface area (TPSA) is 383 Å². The molecule has 7 aromatic heterocycles. The lowest BCUT2D eigenvalue weighted by molar-refractivity contribution is -0.148. The third kappa shape index (κ3) is 16.0. The molecule has 472 valence electrons. The van der Waals surface area contributed by atoms with Crippen LogP contribution >= 0.6 is 68.0 Å². The van der Waals surface area contributed by atoms with Crippen LogP contribution < -0.4 is 31.9 Å². The average molecular weight is 1340 g/mol. The summed E-state index contributed by atoms with van der Waals surface area (Å²) in [5.41, 5.74) is 9.18. The van der Waals surface area contributed by atoms with Gasteiger partial charge < -0.3 is 51.8 Å². The maximum atomic E-state index is 14.0. The lowest BCUT2D eigenvalue weighted by atomic mass is 9.82. The predicted octanol–water partition coefficient (Wildman–Crippen LogP) is 8.40. The highest BCUT2D eigenvalue weighted by Crippen LogP contribution is 2.40. The number of nitrogens with zero attached hydrogens (tertiary/aromatic N) is 8. The molecule has 7 heterocycles. The predicted molar refractivity (Wildman–Crippen MR) is 338 cm³/mol. The van der Waals surface area contributed by atoms with Crippen LogP contribution in [-0.4, -0.2) is 132 Å². The lowest BCUT2D eigenvalue weighted by Gasteiger charge is -2.33. The van der Waals surface area contributed by atoms with Crippen LogP contribution in [0.3, 0.4) is 0 Å². The maximum absolute atomic E-state index is 14.0. The Morgan fingerprint density at radius 2 is 1.48 bits per heavy atom. The average Bonchev–Trinajstić information content (AvgIpc) is 1.65. The number of amides is 5. The molecule has 26 nitrogen and oxygen atoms in total. The van der Waals surface area contributed by atoms with Crippen LogP contribution in [0.25, 0.3) is 43.4 Å². The first-order valence-corrected chi connectivity index (χ1v) is 33.1. The van der Waals surface area contributed by atoms with Gasteiger partial charge in [0.05, 0.1) is 41.7 Å². The number of aliphatic carboxylic acids is 2. The zero-order chi connectivity index (χ0) is 64.3. The van der Waals surface area contributed by atoms with E-state index in [1.807, 2.05) is 13.8 Å². The largest absolute Gasteiger partial charge is 0.481 e. The van der Waals surface area contributed by atoms with Crippen LogP contribution in [0.1, 0.15) is 138 Å². The second kappa shape index (κ2) is 30.1. The fourth-order valence-electron chi connectivity index (χ4n) is 9.26. The van der Waals surface area contributed by atoms with Crippen molar-refractivity contribution in [2.75, 3.05) is 32.1 Å². The van der Waals surface area contributed by atoms with Gasteiger partial charge in [0.1, 0.15) is 88.3 Å². The number of carbonyl (C=O) groups excluding carboxylic acids is 6. The van der Waals surface area contributed by atoms with E-state index < -0.39 is 78.5 Å². The highest BCUT2D eigenvalue weighted by molar-refractivity contribution is 7.15. The third-order valence-corrected chi connectivity index (χ3v) is 19.9. The Morgan fingerprint density at radius 3 is 2.18 bits per heavy atom. The molecule has 1 aromatic carbocycles. The maximum Gasteiger partial charge on any atom is 0.415 e. The Kier molecular flexibility index (Phi) is 22.1. The summed E-state index contributed by atoms with van der Waals surface area (Å²) in [4.78, 5) is 137. The van der Waals surface area contributed by atoms with Crippen molar-refractivity contribution in [2.45, 2.75) is 96.2 Å². The number of carbonyl (C=O) groups is 8. The van der Waals surface area contributed by atoms with E-state index in [-0.39, 0.29) is 80.0 Å². The summed E-state index contributed by atoms with van der Waals surface area (Å²) >= 11 is 7.22. The molecule has 1 aliphatic carbocycles. The standard InChI is InChI=1S/C58H61N13O13S6/c1-27(2)43(68-50(79)44-28(3)89-52(69-44)34(59)19-40(73)60-4)56-70-46(38(90-56)22-83-5)49(78)61-20-41(74)67-47(48(77)29-11-7-6-8-12-29)55-65-37(25-87-55)54-64-36(24-86-54)45-33(51-62-31(21-72)23-85-51)14-15-35(63-45)53-66-39(26-88-53)71(16-10-9-13-42(75)76)58(82)84-32-17-30(18-32)57(80)81/h6-8,11-12,14-15,21,23-27,30,32,34,43,47-48,77H,9-10,13,16-20,22,59H2,1-5H3,(H,60,73)(H,61,78)(H,67,74)(H,68,79)(H,75,76)(H,80,81)/t30-,32-,34-,43?,47-,48-/m0/s1. The first-order chi connectivity index (χ1) is 43.2. The molecule has 90 heavy (non-hydrogen) atoms. The SMILES string of the molecule is CNC(=O)C[C@H](N)c1nc(C(=O)NC(c2nc(C(=O)NCC(=O)N[C@H](c3nc(-c4nc(-c5nc(-c6nc(N(CCCCC(=O)O)C(=O)O[C@H]7C[C@H](C(=O)O)C7)cs6)ccc5-c5nc(C=O)cs5)cs4)cs3)[C@@H](O)c3ccccc3)c(COC)s2)C(C)C)c(C)s1. The number of aliphatic hydroxyl groups excluding tert-OH is 1. The minimum Gasteiger partial charge on any atom is -0.481 e. The number of aryl methyl sites for hydroxylation is 1. The van der Waals surface area contributed by atoms with E-state index in [4.69, 9.17) is 35.1 Å². The van der Waals surface area contributed by atoms with Gasteiger partial charge in [0.2, 0.25) is 11.8 Å². The number of methoxy groups -OCH3 is 1. The number of anilines is 1. The third-order valence-electron chi connectivity index (χ3n) is 14.1. The summed E-state index contributed by atoms with van der Waals surface area (Å²) in [6.07, 6.45) is -1.20. The molecule has 0 bridgehead atoms. The second-order valence-corrected chi connectivity index (χ2v) is 26.7. The Morgan fingerprint density at radius 1 is 0.756 bits per heavy atom. The fourth-order valence-corrected chi connectivity index (χ4v) is 14.7. The van der Waals surface area contributed by atoms with Crippen molar-refractivity contribution in [2.24, 2.45) is 17.6 Å². The summed E-state index contributed by atoms with van der Waals surface area (Å²) in [6, 6.07) is 9.65. The number of nitrogens with two attached hydrogens (primary N) is 1. The number of ether oxygens (including phenoxy) is 2. The van der Waals surface area contributed by atoms with Crippen molar-refractivity contribution >= 4 is 122 Å². The number of hydrogen-bond donors (Lipinski definition) is 8. The van der Waals surface area contributed by atoms with E-state index in [9.17, 15) is 53.7 Å². The number of unbranched alkanes of at least 4 members (excludes halogenated alkanes) is 1. The van der Waals surface area contributed by atoms with Gasteiger partial charge in [-0.15, -0.1) is 68.0 Å². The second-order valence-electron chi connectivity index (χ2n) is 20.9. The van der Waals surface area contributed by atoms with Gasteiger partial charge in [-0.2, -0.15) is 0 Å². The van der Waals surface area contributed by atoms with Crippen LogP contribution in [0.15, 0.2) is 64.0 Å². The number of benzene rings is 1. The van der Waals surface area contributed by atoms with Gasteiger partial charge in [0.25, 0.3) is 11.8 Å². The van der Waals surface area contributed by atoms with Gasteiger partial charge in [0.15, 0.2) is 6.29 Å². The molecule has 1 saturated carbocycles. The lowest BCUT2D eigenvalue weighted by Crippen LogP contribution is -2.42. The summed E-state index contributed by atoms with van der Waals surface area (Å²) < 4.78 is 11.1. The molecule has 8 aromatic rings. The minimum atomic E-state index is -1.31. The van der Waals surface area contributed by atoms with Crippen LogP contribution in [0.5, 0.6) is 0 Å². The molecular weight excluding hydrogens is 1280 g/mol. The van der Waals surface area contributed by atoms with E-state index in [0.717, 1.165) is 11.3 Å². The quantitative estimate of drug-likeness (QED) is 0.0161. The number of rotatable bonds is 29. The highest BCUT2D eigenvalue weighted by Gasteiger charge is 2.39. The van der Waals surface area contributed by atoms with Crippen molar-refractivity contribution in [3.8, 4) is 43.4 Å². The highest BCUT2D eigenvalue weighted by atomic mass is 32.1. The number of aliphatic hydroxyl groups is 1. The summed E-state index contributed by atoms with van der Waals surface area (Å²) in [5.74, 6) is -4.67. The molecule has 0 radical (unpaired) electrons. The monoisotopic (exact) mass is 1340 g/mol. The van der Waals surface area contributed by atoms with Gasteiger partial charge in [-0.1, -0.05) is 44.2 Å². The fraction of sp³-hybridized carbons (Fsp3) is 0.362. The number of nitrogens with one attached hydrogen (secondary N) is 4.